The van der Waals surface area contributed by atoms with Gasteiger partial charge in [0, 0.05) is 56.5 Å². The number of nitrogens with one attached hydrogen (secondary N) is 1. The molecule has 0 aliphatic carbocycles. The highest BCUT2D eigenvalue weighted by Gasteiger charge is 2.43. The number of nitrogens with zero attached hydrogens (tertiary/aromatic N) is 4. The minimum Gasteiger partial charge on any atom is -0.341 e. The maximum atomic E-state index is 12.7. The number of hydrogen-bond donors (Lipinski definition) is 1. The molecule has 25 heavy (non-hydrogen) atoms. The van der Waals surface area contributed by atoms with Crippen LogP contribution in [-0.2, 0) is 4.79 Å². The summed E-state index contributed by atoms with van der Waals surface area (Å²) >= 11 is 0. The average molecular weight is 347 g/mol. The van der Waals surface area contributed by atoms with Crippen LogP contribution in [0.5, 0.6) is 0 Å². The first kappa shape index (κ1) is 17.9. The molecule has 2 aliphatic heterocycles. The summed E-state index contributed by atoms with van der Waals surface area (Å²) in [6.07, 6.45) is 5.23. The fourth-order valence-electron chi connectivity index (χ4n) is 4.01. The molecule has 1 spiro atoms. The van der Waals surface area contributed by atoms with Crippen LogP contribution in [0.4, 0.5) is 0 Å². The molecule has 1 atom stereocenters. The largest absolute Gasteiger partial charge is 0.341 e. The van der Waals surface area contributed by atoms with Gasteiger partial charge in [-0.25, -0.2) is 4.98 Å². The highest BCUT2D eigenvalue weighted by molar-refractivity contribution is 5.90. The number of likely N-dealkylation sites (tertiary alicyclic amines) is 2. The summed E-state index contributed by atoms with van der Waals surface area (Å²) in [6, 6.07) is 0. The third-order valence-corrected chi connectivity index (χ3v) is 5.42. The van der Waals surface area contributed by atoms with Crippen LogP contribution in [0.2, 0.25) is 0 Å². The number of H-pyrrole nitrogens is 1. The van der Waals surface area contributed by atoms with E-state index in [1.54, 1.807) is 6.20 Å². The average Bonchev–Trinajstić information content (AvgIpc) is 3.02. The van der Waals surface area contributed by atoms with Crippen LogP contribution in [-0.4, -0.2) is 83.3 Å². The van der Waals surface area contributed by atoms with E-state index in [1.807, 2.05) is 30.8 Å². The number of hydrogen-bond acceptors (Lipinski definition) is 4. The van der Waals surface area contributed by atoms with Gasteiger partial charge in [-0.15, -0.1) is 0 Å². The van der Waals surface area contributed by atoms with Gasteiger partial charge in [0.1, 0.15) is 0 Å². The Kier molecular flexibility index (Phi) is 5.13. The van der Waals surface area contributed by atoms with E-state index in [9.17, 15) is 9.59 Å². The second-order valence-electron chi connectivity index (χ2n) is 7.86. The summed E-state index contributed by atoms with van der Waals surface area (Å²) in [5.41, 5.74) is 0.934. The lowest BCUT2D eigenvalue weighted by atomic mass is 9.73. The summed E-state index contributed by atoms with van der Waals surface area (Å²) in [7, 11) is 4.05. The molecule has 0 saturated carbocycles. The molecule has 1 unspecified atom stereocenters. The molecule has 138 valence electrons. The highest BCUT2D eigenvalue weighted by Crippen LogP contribution is 2.39. The number of aryl methyl sites for hydroxylation is 1. The van der Waals surface area contributed by atoms with Crippen molar-refractivity contribution in [2.45, 2.75) is 32.6 Å². The standard InChI is InChI=1S/C18H29N5O2/c1-14-11-19-16(20-14)17(25)23-8-4-6-18(13-23)7-5-15(24)22(12-18)10-9-21(2)3/h11H,4-10,12-13H2,1-3H3,(H,19,20). The highest BCUT2D eigenvalue weighted by atomic mass is 16.2. The Morgan fingerprint density at radius 3 is 2.84 bits per heavy atom. The van der Waals surface area contributed by atoms with Gasteiger partial charge in [-0.1, -0.05) is 0 Å². The zero-order valence-corrected chi connectivity index (χ0v) is 15.5. The molecule has 2 fully saturated rings. The van der Waals surface area contributed by atoms with Crippen LogP contribution in [0, 0.1) is 12.3 Å². The number of aromatic nitrogens is 2. The van der Waals surface area contributed by atoms with E-state index >= 15 is 0 Å². The van der Waals surface area contributed by atoms with Gasteiger partial charge in [-0.2, -0.15) is 0 Å². The molecule has 0 aromatic carbocycles. The number of carbonyl (C=O) groups excluding carboxylic acids is 2. The lowest BCUT2D eigenvalue weighted by Crippen LogP contribution is -2.55. The summed E-state index contributed by atoms with van der Waals surface area (Å²) in [4.78, 5) is 38.3. The quantitative estimate of drug-likeness (QED) is 0.886. The smallest absolute Gasteiger partial charge is 0.289 e. The molecule has 1 aromatic rings. The number of imidazole rings is 1. The number of amides is 2. The maximum absolute atomic E-state index is 12.7. The zero-order valence-electron chi connectivity index (χ0n) is 15.5. The SMILES string of the molecule is Cc1cnc(C(=O)N2CCCC3(CCC(=O)N(CCN(C)C)C3)C2)[nH]1. The first-order valence-electron chi connectivity index (χ1n) is 9.12. The first-order chi connectivity index (χ1) is 11.9. The fourth-order valence-corrected chi connectivity index (χ4v) is 4.01. The first-order valence-corrected chi connectivity index (χ1v) is 9.12. The van der Waals surface area contributed by atoms with Crippen LogP contribution in [0.25, 0.3) is 0 Å². The van der Waals surface area contributed by atoms with Crippen molar-refractivity contribution >= 4 is 11.8 Å². The van der Waals surface area contributed by atoms with Gasteiger partial charge in [0.25, 0.3) is 5.91 Å². The summed E-state index contributed by atoms with van der Waals surface area (Å²) in [5.74, 6) is 0.646. The van der Waals surface area contributed by atoms with E-state index in [2.05, 4.69) is 14.9 Å². The van der Waals surface area contributed by atoms with Crippen molar-refractivity contribution in [1.29, 1.82) is 0 Å². The molecule has 0 bridgehead atoms. The number of aromatic amines is 1. The molecule has 2 saturated heterocycles. The van der Waals surface area contributed by atoms with Crippen LogP contribution >= 0.6 is 0 Å². The van der Waals surface area contributed by atoms with E-state index < -0.39 is 0 Å². The minimum atomic E-state index is -0.0242. The predicted molar refractivity (Wildman–Crippen MR) is 95.3 cm³/mol. The molecule has 2 amide bonds. The van der Waals surface area contributed by atoms with E-state index in [1.165, 1.54) is 0 Å². The Labute approximate surface area is 149 Å². The topological polar surface area (TPSA) is 72.5 Å². The molecule has 1 aromatic heterocycles. The lowest BCUT2D eigenvalue weighted by Gasteiger charge is -2.48. The Bertz CT molecular complexity index is 641. The molecule has 1 N–H and O–H groups in total. The third-order valence-electron chi connectivity index (χ3n) is 5.42. The van der Waals surface area contributed by atoms with Crippen LogP contribution in [0.15, 0.2) is 6.20 Å². The molecule has 7 nitrogen and oxygen atoms in total. The molecule has 7 heteroatoms. The summed E-state index contributed by atoms with van der Waals surface area (Å²) < 4.78 is 0. The Morgan fingerprint density at radius 1 is 1.36 bits per heavy atom. The number of carbonyl (C=O) groups is 2. The van der Waals surface area contributed by atoms with E-state index in [-0.39, 0.29) is 17.2 Å². The van der Waals surface area contributed by atoms with Crippen molar-refractivity contribution in [2.24, 2.45) is 5.41 Å². The van der Waals surface area contributed by atoms with Gasteiger partial charge in [0.15, 0.2) is 5.82 Å². The minimum absolute atomic E-state index is 0.0242. The van der Waals surface area contributed by atoms with Gasteiger partial charge < -0.3 is 19.7 Å². The van der Waals surface area contributed by atoms with Gasteiger partial charge >= 0.3 is 0 Å². The van der Waals surface area contributed by atoms with Crippen molar-refractivity contribution in [3.05, 3.63) is 17.7 Å². The molecule has 3 heterocycles. The van der Waals surface area contributed by atoms with E-state index in [4.69, 9.17) is 0 Å². The van der Waals surface area contributed by atoms with Crippen molar-refractivity contribution in [3.8, 4) is 0 Å². The van der Waals surface area contributed by atoms with Crippen molar-refractivity contribution < 1.29 is 9.59 Å². The van der Waals surface area contributed by atoms with Gasteiger partial charge in [0.2, 0.25) is 5.91 Å². The summed E-state index contributed by atoms with van der Waals surface area (Å²) in [6.45, 7) is 5.79. The van der Waals surface area contributed by atoms with Gasteiger partial charge in [-0.05, 0) is 40.3 Å². The lowest BCUT2D eigenvalue weighted by molar-refractivity contribution is -0.139. The van der Waals surface area contributed by atoms with E-state index in [0.29, 0.717) is 12.2 Å². The van der Waals surface area contributed by atoms with Crippen LogP contribution in [0.1, 0.15) is 42.0 Å². The fraction of sp³-hybridized carbons (Fsp3) is 0.722. The monoisotopic (exact) mass is 347 g/mol. The Morgan fingerprint density at radius 2 is 2.16 bits per heavy atom. The second kappa shape index (κ2) is 7.15. The van der Waals surface area contributed by atoms with Crippen LogP contribution in [0.3, 0.4) is 0 Å². The molecule has 3 rings (SSSR count). The molecule has 2 aliphatic rings. The number of rotatable bonds is 4. The molecular formula is C18H29N5O2. The molecular weight excluding hydrogens is 318 g/mol. The Hall–Kier alpha value is -1.89. The predicted octanol–water partition coefficient (Wildman–Crippen LogP) is 1.12. The van der Waals surface area contributed by atoms with Gasteiger partial charge in [-0.3, -0.25) is 9.59 Å². The van der Waals surface area contributed by atoms with Crippen molar-refractivity contribution in [2.75, 3.05) is 46.8 Å². The van der Waals surface area contributed by atoms with E-state index in [0.717, 1.165) is 57.7 Å². The normalized spacial score (nSPS) is 24.4. The Balaban J connectivity index is 1.68. The second-order valence-corrected chi connectivity index (χ2v) is 7.86. The van der Waals surface area contributed by atoms with Gasteiger partial charge in [0.05, 0.1) is 0 Å². The number of piperidine rings is 2. The molecule has 0 radical (unpaired) electrons. The van der Waals surface area contributed by atoms with Crippen LogP contribution < -0.4 is 0 Å². The summed E-state index contributed by atoms with van der Waals surface area (Å²) in [5, 5.41) is 0. The third kappa shape index (κ3) is 4.03. The zero-order chi connectivity index (χ0) is 18.0. The van der Waals surface area contributed by atoms with Crippen molar-refractivity contribution in [3.63, 3.8) is 0 Å². The van der Waals surface area contributed by atoms with Crippen molar-refractivity contribution in [1.82, 2.24) is 24.7 Å². The maximum Gasteiger partial charge on any atom is 0.289 e. The number of likely N-dealkylation sites (N-methyl/N-ethyl adjacent to an activating group) is 1.